The number of anilines is 1. The van der Waals surface area contributed by atoms with E-state index in [1.807, 2.05) is 13.0 Å². The Hall–Kier alpha value is -1.55. The van der Waals surface area contributed by atoms with Gasteiger partial charge in [-0.25, -0.2) is 4.98 Å². The molecule has 0 unspecified atom stereocenters. The van der Waals surface area contributed by atoms with Gasteiger partial charge in [0.2, 0.25) is 5.88 Å². The summed E-state index contributed by atoms with van der Waals surface area (Å²) >= 11 is 1.70. The van der Waals surface area contributed by atoms with E-state index in [9.17, 15) is 0 Å². The topological polar surface area (TPSA) is 34.1 Å². The van der Waals surface area contributed by atoms with Gasteiger partial charge in [-0.3, -0.25) is 0 Å². The summed E-state index contributed by atoms with van der Waals surface area (Å²) in [7, 11) is 1.63. The molecule has 0 fully saturated rings. The van der Waals surface area contributed by atoms with Gasteiger partial charge < -0.3 is 10.1 Å². The molecule has 16 heavy (non-hydrogen) atoms. The number of nitrogens with zero attached hydrogens (tertiary/aromatic N) is 1. The maximum absolute atomic E-state index is 5.20. The zero-order valence-electron chi connectivity index (χ0n) is 9.36. The Morgan fingerprint density at radius 2 is 2.38 bits per heavy atom. The van der Waals surface area contributed by atoms with Gasteiger partial charge in [0, 0.05) is 12.7 Å². The fourth-order valence-corrected chi connectivity index (χ4v) is 2.11. The molecule has 0 aliphatic heterocycles. The number of thiophene rings is 1. The number of rotatable bonds is 4. The molecule has 0 aliphatic rings. The van der Waals surface area contributed by atoms with Crippen molar-refractivity contribution in [1.82, 2.24) is 4.98 Å². The first-order valence-corrected chi connectivity index (χ1v) is 5.99. The van der Waals surface area contributed by atoms with Crippen LogP contribution in [0.15, 0.2) is 29.1 Å². The van der Waals surface area contributed by atoms with Crippen LogP contribution in [0.4, 0.5) is 5.69 Å². The fraction of sp³-hybridized carbons (Fsp3) is 0.250. The minimum absolute atomic E-state index is 0.640. The predicted octanol–water partition coefficient (Wildman–Crippen LogP) is 3.07. The Balaban J connectivity index is 2.11. The zero-order valence-corrected chi connectivity index (χ0v) is 10.2. The molecule has 0 spiro atoms. The van der Waals surface area contributed by atoms with E-state index in [4.69, 9.17) is 4.74 Å². The highest BCUT2D eigenvalue weighted by Crippen LogP contribution is 2.22. The van der Waals surface area contributed by atoms with Crippen LogP contribution in [0, 0.1) is 6.92 Å². The summed E-state index contributed by atoms with van der Waals surface area (Å²) in [5, 5.41) is 7.53. The maximum atomic E-state index is 5.20. The number of aromatic nitrogens is 1. The molecule has 2 rings (SSSR count). The second-order valence-corrected chi connectivity index (χ2v) is 4.33. The van der Waals surface area contributed by atoms with Crippen LogP contribution in [0.3, 0.4) is 0 Å². The lowest BCUT2D eigenvalue weighted by Gasteiger charge is -2.10. The number of aryl methyl sites for hydroxylation is 1. The SMILES string of the molecule is COc1ncc(C)cc1NCc1ccsc1. The van der Waals surface area contributed by atoms with Gasteiger partial charge in [-0.2, -0.15) is 11.3 Å². The molecule has 0 aliphatic carbocycles. The molecule has 0 amide bonds. The molecule has 1 N–H and O–H groups in total. The Kier molecular flexibility index (Phi) is 3.41. The van der Waals surface area contributed by atoms with Gasteiger partial charge in [0.05, 0.1) is 12.8 Å². The second kappa shape index (κ2) is 4.99. The van der Waals surface area contributed by atoms with E-state index in [1.165, 1.54) is 5.56 Å². The van der Waals surface area contributed by atoms with Crippen LogP contribution in [-0.2, 0) is 6.54 Å². The second-order valence-electron chi connectivity index (χ2n) is 3.55. The molecule has 2 heterocycles. The minimum Gasteiger partial charge on any atom is -0.480 e. The lowest BCUT2D eigenvalue weighted by molar-refractivity contribution is 0.399. The molecule has 0 saturated carbocycles. The van der Waals surface area contributed by atoms with Gasteiger partial charge in [-0.05, 0) is 40.9 Å². The molecule has 0 bridgehead atoms. The number of methoxy groups -OCH3 is 1. The monoisotopic (exact) mass is 234 g/mol. The average molecular weight is 234 g/mol. The van der Waals surface area contributed by atoms with Crippen LogP contribution >= 0.6 is 11.3 Å². The molecule has 3 nitrogen and oxygen atoms in total. The third kappa shape index (κ3) is 2.52. The summed E-state index contributed by atoms with van der Waals surface area (Å²) < 4.78 is 5.20. The standard InChI is InChI=1S/C12H14N2OS/c1-9-5-11(12(15-2)14-6-9)13-7-10-3-4-16-8-10/h3-6,8,13H,7H2,1-2H3. The lowest BCUT2D eigenvalue weighted by atomic mass is 10.2. The van der Waals surface area contributed by atoms with Crippen LogP contribution in [0.1, 0.15) is 11.1 Å². The van der Waals surface area contributed by atoms with Crippen LogP contribution in [0.2, 0.25) is 0 Å². The van der Waals surface area contributed by atoms with Gasteiger partial charge in [0.15, 0.2) is 0 Å². The number of hydrogen-bond donors (Lipinski definition) is 1. The Morgan fingerprint density at radius 3 is 3.06 bits per heavy atom. The first kappa shape index (κ1) is 11.0. The van der Waals surface area contributed by atoms with Crippen molar-refractivity contribution in [2.45, 2.75) is 13.5 Å². The van der Waals surface area contributed by atoms with Crippen molar-refractivity contribution < 1.29 is 4.74 Å². The molecule has 0 radical (unpaired) electrons. The highest BCUT2D eigenvalue weighted by molar-refractivity contribution is 7.07. The van der Waals surface area contributed by atoms with Crippen molar-refractivity contribution in [1.29, 1.82) is 0 Å². The smallest absolute Gasteiger partial charge is 0.237 e. The van der Waals surface area contributed by atoms with Crippen molar-refractivity contribution in [2.24, 2.45) is 0 Å². The van der Waals surface area contributed by atoms with E-state index >= 15 is 0 Å². The summed E-state index contributed by atoms with van der Waals surface area (Å²) in [6.45, 7) is 2.81. The third-order valence-corrected chi connectivity index (χ3v) is 2.98. The van der Waals surface area contributed by atoms with Crippen molar-refractivity contribution >= 4 is 17.0 Å². The molecule has 0 saturated heterocycles. The molecular weight excluding hydrogens is 220 g/mol. The Morgan fingerprint density at radius 1 is 1.50 bits per heavy atom. The van der Waals surface area contributed by atoms with E-state index in [0.29, 0.717) is 5.88 Å². The van der Waals surface area contributed by atoms with Gasteiger partial charge in [0.25, 0.3) is 0 Å². The van der Waals surface area contributed by atoms with Gasteiger partial charge in [-0.15, -0.1) is 0 Å². The highest BCUT2D eigenvalue weighted by atomic mass is 32.1. The molecule has 0 atom stereocenters. The maximum Gasteiger partial charge on any atom is 0.237 e. The average Bonchev–Trinajstić information content (AvgIpc) is 2.79. The predicted molar refractivity (Wildman–Crippen MR) is 67.2 cm³/mol. The summed E-state index contributed by atoms with van der Waals surface area (Å²) in [6.07, 6.45) is 1.80. The molecule has 0 aromatic carbocycles. The van der Waals surface area contributed by atoms with E-state index < -0.39 is 0 Å². The molecule has 2 aromatic heterocycles. The van der Waals surface area contributed by atoms with Crippen molar-refractivity contribution in [3.05, 3.63) is 40.2 Å². The van der Waals surface area contributed by atoms with Gasteiger partial charge in [0.1, 0.15) is 0 Å². The first-order valence-electron chi connectivity index (χ1n) is 5.05. The van der Waals surface area contributed by atoms with Crippen molar-refractivity contribution in [3.63, 3.8) is 0 Å². The Bertz CT molecular complexity index is 454. The number of pyridine rings is 1. The number of hydrogen-bond acceptors (Lipinski definition) is 4. The normalized spacial score (nSPS) is 10.1. The quantitative estimate of drug-likeness (QED) is 0.882. The highest BCUT2D eigenvalue weighted by Gasteiger charge is 2.04. The van der Waals surface area contributed by atoms with Crippen LogP contribution in [0.25, 0.3) is 0 Å². The summed E-state index contributed by atoms with van der Waals surface area (Å²) in [5.41, 5.74) is 3.33. The van der Waals surface area contributed by atoms with Crippen LogP contribution in [0.5, 0.6) is 5.88 Å². The largest absolute Gasteiger partial charge is 0.480 e. The molecule has 84 valence electrons. The van der Waals surface area contributed by atoms with E-state index in [0.717, 1.165) is 17.8 Å². The summed E-state index contributed by atoms with van der Waals surface area (Å²) in [4.78, 5) is 4.21. The third-order valence-electron chi connectivity index (χ3n) is 2.24. The Labute approximate surface area is 99.1 Å². The molecule has 2 aromatic rings. The van der Waals surface area contributed by atoms with Crippen LogP contribution < -0.4 is 10.1 Å². The molecule has 4 heteroatoms. The van der Waals surface area contributed by atoms with Crippen molar-refractivity contribution in [2.75, 3.05) is 12.4 Å². The first-order chi connectivity index (χ1) is 7.79. The van der Waals surface area contributed by atoms with E-state index in [1.54, 1.807) is 24.6 Å². The lowest BCUT2D eigenvalue weighted by Crippen LogP contribution is -2.02. The van der Waals surface area contributed by atoms with E-state index in [2.05, 4.69) is 27.1 Å². The number of ether oxygens (including phenoxy) is 1. The molecular formula is C12H14N2OS. The van der Waals surface area contributed by atoms with Crippen LogP contribution in [-0.4, -0.2) is 12.1 Å². The summed E-state index contributed by atoms with van der Waals surface area (Å²) in [5.74, 6) is 0.640. The van der Waals surface area contributed by atoms with Gasteiger partial charge >= 0.3 is 0 Å². The summed E-state index contributed by atoms with van der Waals surface area (Å²) in [6, 6.07) is 4.14. The number of nitrogens with one attached hydrogen (secondary N) is 1. The minimum atomic E-state index is 0.640. The van der Waals surface area contributed by atoms with Gasteiger partial charge in [-0.1, -0.05) is 0 Å². The van der Waals surface area contributed by atoms with E-state index in [-0.39, 0.29) is 0 Å². The zero-order chi connectivity index (χ0) is 11.4. The van der Waals surface area contributed by atoms with Crippen molar-refractivity contribution in [3.8, 4) is 5.88 Å². The fourth-order valence-electron chi connectivity index (χ4n) is 1.44.